The number of nitrogens with one attached hydrogen (secondary N) is 1. The van der Waals surface area contributed by atoms with Crippen molar-refractivity contribution in [3.05, 3.63) is 33.0 Å². The predicted octanol–water partition coefficient (Wildman–Crippen LogP) is 1.12. The van der Waals surface area contributed by atoms with Crippen LogP contribution in [0.25, 0.3) is 0 Å². The Bertz CT molecular complexity index is 674. The summed E-state index contributed by atoms with van der Waals surface area (Å²) < 4.78 is 1.57. The van der Waals surface area contributed by atoms with Crippen LogP contribution >= 0.6 is 11.3 Å². The molecule has 2 aromatic rings. The van der Waals surface area contributed by atoms with E-state index in [9.17, 15) is 9.59 Å². The molecule has 0 saturated carbocycles. The summed E-state index contributed by atoms with van der Waals surface area (Å²) in [6.45, 7) is 3.59. The number of hydrogen-bond donors (Lipinski definition) is 2. The highest BCUT2D eigenvalue weighted by molar-refractivity contribution is 7.13. The second-order valence-electron chi connectivity index (χ2n) is 4.31. The average Bonchev–Trinajstić information content (AvgIpc) is 2.89. The van der Waals surface area contributed by atoms with Crippen LogP contribution in [0.3, 0.4) is 0 Å². The maximum Gasteiger partial charge on any atom is 0.347 e. The van der Waals surface area contributed by atoms with Crippen LogP contribution < -0.4 is 5.32 Å². The van der Waals surface area contributed by atoms with Gasteiger partial charge in [-0.3, -0.25) is 9.48 Å². The molecular formula is C12H14N4O3S. The molecule has 2 N–H and O–H groups in total. The number of carboxylic acids is 1. The lowest BCUT2D eigenvalue weighted by atomic mass is 10.2. The van der Waals surface area contributed by atoms with Crippen molar-refractivity contribution in [2.45, 2.75) is 20.4 Å². The van der Waals surface area contributed by atoms with Crippen LogP contribution in [0, 0.1) is 13.8 Å². The van der Waals surface area contributed by atoms with E-state index in [0.717, 1.165) is 11.3 Å². The van der Waals surface area contributed by atoms with Gasteiger partial charge in [-0.15, -0.1) is 11.3 Å². The molecule has 0 aromatic carbocycles. The highest BCUT2D eigenvalue weighted by Gasteiger charge is 2.16. The quantitative estimate of drug-likeness (QED) is 0.880. The molecular weight excluding hydrogens is 280 g/mol. The topological polar surface area (TPSA) is 97.1 Å². The molecule has 0 aliphatic carbocycles. The van der Waals surface area contributed by atoms with Gasteiger partial charge >= 0.3 is 5.97 Å². The normalized spacial score (nSPS) is 10.6. The van der Waals surface area contributed by atoms with Crippen LogP contribution in [0.4, 0.5) is 0 Å². The van der Waals surface area contributed by atoms with Crippen molar-refractivity contribution in [1.82, 2.24) is 20.1 Å². The van der Waals surface area contributed by atoms with E-state index in [0.29, 0.717) is 22.0 Å². The number of aryl methyl sites for hydroxylation is 3. The third-order valence-corrected chi connectivity index (χ3v) is 3.84. The van der Waals surface area contributed by atoms with Gasteiger partial charge in [0.25, 0.3) is 5.91 Å². The molecule has 0 aliphatic heterocycles. The SMILES string of the molecule is Cc1nn(C)cc1C(=O)NCc1nc(C)c(C(=O)O)s1. The molecule has 2 rings (SSSR count). The molecule has 7 nitrogen and oxygen atoms in total. The molecule has 0 aliphatic rings. The monoisotopic (exact) mass is 294 g/mol. The lowest BCUT2D eigenvalue weighted by Gasteiger charge is -2.01. The molecule has 20 heavy (non-hydrogen) atoms. The van der Waals surface area contributed by atoms with Gasteiger partial charge in [0, 0.05) is 13.2 Å². The maximum absolute atomic E-state index is 12.0. The van der Waals surface area contributed by atoms with Gasteiger partial charge in [0.1, 0.15) is 9.88 Å². The number of thiazole rings is 1. The standard InChI is InChI=1S/C12H14N4O3S/c1-6-8(5-16(3)15-6)11(17)13-4-9-14-7(2)10(20-9)12(18)19/h5H,4H2,1-3H3,(H,13,17)(H,18,19). The number of amides is 1. The van der Waals surface area contributed by atoms with Crippen molar-refractivity contribution in [2.24, 2.45) is 7.05 Å². The lowest BCUT2D eigenvalue weighted by Crippen LogP contribution is -2.23. The van der Waals surface area contributed by atoms with Crippen LogP contribution in [0.15, 0.2) is 6.20 Å². The van der Waals surface area contributed by atoms with E-state index in [1.165, 1.54) is 0 Å². The first-order valence-corrected chi connectivity index (χ1v) is 6.68. The first-order chi connectivity index (χ1) is 9.38. The van der Waals surface area contributed by atoms with Gasteiger partial charge in [-0.1, -0.05) is 0 Å². The van der Waals surface area contributed by atoms with Crippen molar-refractivity contribution in [3.63, 3.8) is 0 Å². The number of nitrogens with zero attached hydrogens (tertiary/aromatic N) is 3. The number of aromatic nitrogens is 3. The number of carbonyl (C=O) groups excluding carboxylic acids is 1. The minimum Gasteiger partial charge on any atom is -0.477 e. The Kier molecular flexibility index (Phi) is 3.84. The maximum atomic E-state index is 12.0. The molecule has 0 saturated heterocycles. The van der Waals surface area contributed by atoms with Gasteiger partial charge in [0.15, 0.2) is 0 Å². The zero-order valence-electron chi connectivity index (χ0n) is 11.3. The molecule has 2 heterocycles. The largest absolute Gasteiger partial charge is 0.477 e. The highest BCUT2D eigenvalue weighted by atomic mass is 32.1. The van der Waals surface area contributed by atoms with Crippen LogP contribution in [0.1, 0.15) is 36.4 Å². The third-order valence-electron chi connectivity index (χ3n) is 2.69. The van der Waals surface area contributed by atoms with Gasteiger partial charge in [-0.2, -0.15) is 5.10 Å². The molecule has 0 atom stereocenters. The zero-order valence-corrected chi connectivity index (χ0v) is 12.1. The van der Waals surface area contributed by atoms with Gasteiger partial charge in [-0.25, -0.2) is 9.78 Å². The van der Waals surface area contributed by atoms with Crippen LogP contribution in [0.5, 0.6) is 0 Å². The van der Waals surface area contributed by atoms with Crippen molar-refractivity contribution in [1.29, 1.82) is 0 Å². The fraction of sp³-hybridized carbons (Fsp3) is 0.333. The van der Waals surface area contributed by atoms with E-state index in [4.69, 9.17) is 5.11 Å². The summed E-state index contributed by atoms with van der Waals surface area (Å²) in [5.41, 5.74) is 1.61. The predicted molar refractivity (Wildman–Crippen MR) is 72.9 cm³/mol. The summed E-state index contributed by atoms with van der Waals surface area (Å²) in [4.78, 5) is 27.2. The summed E-state index contributed by atoms with van der Waals surface area (Å²) in [6, 6.07) is 0. The second kappa shape index (κ2) is 5.41. The van der Waals surface area contributed by atoms with Gasteiger partial charge in [0.2, 0.25) is 0 Å². The Morgan fingerprint density at radius 3 is 2.60 bits per heavy atom. The Labute approximate surface area is 119 Å². The lowest BCUT2D eigenvalue weighted by molar-refractivity contribution is 0.0701. The Morgan fingerprint density at radius 1 is 1.40 bits per heavy atom. The van der Waals surface area contributed by atoms with Gasteiger partial charge < -0.3 is 10.4 Å². The van der Waals surface area contributed by atoms with E-state index in [1.54, 1.807) is 31.8 Å². The number of carboxylic acid groups (broad SMARTS) is 1. The molecule has 0 fully saturated rings. The second-order valence-corrected chi connectivity index (χ2v) is 5.40. The smallest absolute Gasteiger partial charge is 0.347 e. The van der Waals surface area contributed by atoms with Crippen molar-refractivity contribution < 1.29 is 14.7 Å². The average molecular weight is 294 g/mol. The van der Waals surface area contributed by atoms with Crippen molar-refractivity contribution in [3.8, 4) is 0 Å². The Balaban J connectivity index is 2.05. The summed E-state index contributed by atoms with van der Waals surface area (Å²) in [6.07, 6.45) is 1.64. The molecule has 0 radical (unpaired) electrons. The van der Waals surface area contributed by atoms with E-state index in [1.807, 2.05) is 0 Å². The fourth-order valence-electron chi connectivity index (χ4n) is 1.80. The zero-order chi connectivity index (χ0) is 14.9. The number of carbonyl (C=O) groups is 2. The molecule has 0 spiro atoms. The fourth-order valence-corrected chi connectivity index (χ4v) is 2.64. The van der Waals surface area contributed by atoms with Crippen LogP contribution in [-0.2, 0) is 13.6 Å². The minimum atomic E-state index is -0.999. The highest BCUT2D eigenvalue weighted by Crippen LogP contribution is 2.18. The van der Waals surface area contributed by atoms with Crippen molar-refractivity contribution >= 4 is 23.2 Å². The molecule has 1 amide bonds. The van der Waals surface area contributed by atoms with Gasteiger partial charge in [-0.05, 0) is 13.8 Å². The Morgan fingerprint density at radius 2 is 2.10 bits per heavy atom. The molecule has 0 unspecified atom stereocenters. The minimum absolute atomic E-state index is 0.200. The molecule has 106 valence electrons. The molecule has 0 bridgehead atoms. The number of rotatable bonds is 4. The first kappa shape index (κ1) is 14.2. The van der Waals surface area contributed by atoms with E-state index >= 15 is 0 Å². The number of aromatic carboxylic acids is 1. The van der Waals surface area contributed by atoms with E-state index in [-0.39, 0.29) is 17.3 Å². The number of hydrogen-bond acceptors (Lipinski definition) is 5. The summed E-state index contributed by atoms with van der Waals surface area (Å²) in [5.74, 6) is -1.25. The van der Waals surface area contributed by atoms with Crippen LogP contribution in [0.2, 0.25) is 0 Å². The van der Waals surface area contributed by atoms with Crippen molar-refractivity contribution in [2.75, 3.05) is 0 Å². The van der Waals surface area contributed by atoms with E-state index < -0.39 is 5.97 Å². The molecule has 8 heteroatoms. The summed E-state index contributed by atoms with van der Waals surface area (Å²) in [5, 5.41) is 16.3. The Hall–Kier alpha value is -2.22. The first-order valence-electron chi connectivity index (χ1n) is 5.86. The summed E-state index contributed by atoms with van der Waals surface area (Å²) >= 11 is 1.07. The van der Waals surface area contributed by atoms with Gasteiger partial charge in [0.05, 0.1) is 23.5 Å². The van der Waals surface area contributed by atoms with Crippen LogP contribution in [-0.4, -0.2) is 31.7 Å². The van der Waals surface area contributed by atoms with E-state index in [2.05, 4.69) is 15.4 Å². The summed E-state index contributed by atoms with van der Waals surface area (Å²) in [7, 11) is 1.74. The third kappa shape index (κ3) is 2.85. The molecule has 2 aromatic heterocycles.